The highest BCUT2D eigenvalue weighted by molar-refractivity contribution is 6.09. The molecule has 0 saturated heterocycles. The zero-order valence-electron chi connectivity index (χ0n) is 35.8. The number of aromatic nitrogens is 2. The maximum absolute atomic E-state index is 6.94. The van der Waals surface area contributed by atoms with Gasteiger partial charge in [-0.2, -0.15) is 0 Å². The summed E-state index contributed by atoms with van der Waals surface area (Å²) in [4.78, 5) is 9.82. The molecule has 9 rings (SSSR count). The van der Waals surface area contributed by atoms with Gasteiger partial charge in [-0.15, -0.1) is 0 Å². The molecular formula is C54H54N4O. The Morgan fingerprint density at radius 1 is 0.492 bits per heavy atom. The van der Waals surface area contributed by atoms with E-state index in [2.05, 4.69) is 222 Å². The van der Waals surface area contributed by atoms with Gasteiger partial charge in [-0.25, -0.2) is 4.98 Å². The van der Waals surface area contributed by atoms with Gasteiger partial charge in [0.05, 0.1) is 28.1 Å². The van der Waals surface area contributed by atoms with Crippen LogP contribution in [0.3, 0.4) is 0 Å². The molecule has 0 N–H and O–H groups in total. The number of hydrogen-bond acceptors (Lipinski definition) is 4. The molecule has 0 amide bonds. The lowest BCUT2D eigenvalue weighted by molar-refractivity contribution is 0.479. The molecule has 1 aliphatic heterocycles. The van der Waals surface area contributed by atoms with Crippen molar-refractivity contribution >= 4 is 44.6 Å². The van der Waals surface area contributed by atoms with Crippen LogP contribution in [-0.4, -0.2) is 16.2 Å². The highest BCUT2D eigenvalue weighted by atomic mass is 16.5. The summed E-state index contributed by atoms with van der Waals surface area (Å²) in [6, 6.07) is 52.5. The fourth-order valence-electron chi connectivity index (χ4n) is 8.57. The largest absolute Gasteiger partial charge is 0.457 e. The van der Waals surface area contributed by atoms with Crippen LogP contribution in [0.25, 0.3) is 38.8 Å². The van der Waals surface area contributed by atoms with Gasteiger partial charge in [0, 0.05) is 40.4 Å². The Bertz CT molecular complexity index is 2850. The van der Waals surface area contributed by atoms with E-state index in [9.17, 15) is 0 Å². The topological polar surface area (TPSA) is 33.5 Å². The highest BCUT2D eigenvalue weighted by Crippen LogP contribution is 2.50. The Morgan fingerprint density at radius 2 is 1.15 bits per heavy atom. The number of para-hydroxylation sites is 3. The first kappa shape index (κ1) is 38.2. The lowest BCUT2D eigenvalue weighted by Gasteiger charge is -2.30. The van der Waals surface area contributed by atoms with E-state index in [4.69, 9.17) is 9.72 Å². The van der Waals surface area contributed by atoms with Crippen molar-refractivity contribution in [3.63, 3.8) is 0 Å². The summed E-state index contributed by atoms with van der Waals surface area (Å²) in [5.41, 5.74) is 12.9. The highest BCUT2D eigenvalue weighted by Gasteiger charge is 2.32. The molecule has 2 aromatic heterocycles. The van der Waals surface area contributed by atoms with Crippen LogP contribution < -0.4 is 14.5 Å². The fraction of sp³-hybridized carbons (Fsp3) is 0.241. The molecule has 296 valence electrons. The van der Waals surface area contributed by atoms with Gasteiger partial charge >= 0.3 is 0 Å². The predicted molar refractivity (Wildman–Crippen MR) is 249 cm³/mol. The number of fused-ring (bicyclic) bond motifs is 4. The summed E-state index contributed by atoms with van der Waals surface area (Å²) in [5.74, 6) is 2.48. The number of anilines is 4. The summed E-state index contributed by atoms with van der Waals surface area (Å²) < 4.78 is 9.22. The molecule has 59 heavy (non-hydrogen) atoms. The fourth-order valence-corrected chi connectivity index (χ4v) is 8.57. The minimum Gasteiger partial charge on any atom is -0.457 e. The van der Waals surface area contributed by atoms with Crippen molar-refractivity contribution in [3.8, 4) is 28.4 Å². The Morgan fingerprint density at radius 3 is 1.88 bits per heavy atom. The molecule has 0 spiro atoms. The van der Waals surface area contributed by atoms with E-state index in [-0.39, 0.29) is 16.2 Å². The summed E-state index contributed by atoms with van der Waals surface area (Å²) >= 11 is 0. The number of nitrogens with zero attached hydrogens (tertiary/aromatic N) is 4. The Labute approximate surface area is 349 Å². The summed E-state index contributed by atoms with van der Waals surface area (Å²) in [7, 11) is 0. The molecule has 6 aromatic carbocycles. The number of benzene rings is 6. The average Bonchev–Trinajstić information content (AvgIpc) is 3.76. The SMILES string of the molecule is CC(C)(C)c1cc(Oc2ccc3c4ccccc4n(-c4cc(C(C)(C)C)ccn4)c3c2)cc(N2CN(c3cccc(C(C)(C)C)c3-c3ccccc3)c3ccccc32)c1. The van der Waals surface area contributed by atoms with Gasteiger partial charge in [0.2, 0.25) is 0 Å². The Kier molecular flexibility index (Phi) is 9.19. The number of ether oxygens (including phenoxy) is 1. The van der Waals surface area contributed by atoms with Gasteiger partial charge in [0.15, 0.2) is 0 Å². The standard InChI is InChI=1S/C54H54N4O/c1-52(2,3)37-28-29-55-50(32-37)58-45-22-14-13-20-42(45)43-27-26-40(34-49(43)58)59-41-31-38(53(4,5)6)30-39(33-41)56-35-57(47-24-16-15-23-46(47)56)48-25-17-21-44(54(7,8)9)51(48)36-18-11-10-12-19-36/h10-34H,35H2,1-9H3. The summed E-state index contributed by atoms with van der Waals surface area (Å²) in [6.07, 6.45) is 1.93. The van der Waals surface area contributed by atoms with Crippen molar-refractivity contribution in [2.75, 3.05) is 16.5 Å². The molecule has 0 radical (unpaired) electrons. The van der Waals surface area contributed by atoms with Gasteiger partial charge in [-0.1, -0.05) is 135 Å². The second-order valence-electron chi connectivity index (χ2n) is 19.1. The molecule has 1 aliphatic rings. The van der Waals surface area contributed by atoms with E-state index < -0.39 is 0 Å². The predicted octanol–water partition coefficient (Wildman–Crippen LogP) is 14.8. The lowest BCUT2D eigenvalue weighted by Crippen LogP contribution is -2.25. The van der Waals surface area contributed by atoms with Crippen LogP contribution in [0.4, 0.5) is 22.7 Å². The second kappa shape index (κ2) is 14.2. The van der Waals surface area contributed by atoms with Gasteiger partial charge in [0.1, 0.15) is 24.0 Å². The minimum atomic E-state index is -0.116. The molecule has 5 nitrogen and oxygen atoms in total. The van der Waals surface area contributed by atoms with E-state index in [0.29, 0.717) is 6.67 Å². The van der Waals surface area contributed by atoms with Crippen molar-refractivity contribution in [1.29, 1.82) is 0 Å². The van der Waals surface area contributed by atoms with Crippen molar-refractivity contribution < 1.29 is 4.74 Å². The van der Waals surface area contributed by atoms with Crippen LogP contribution in [0.5, 0.6) is 11.5 Å². The maximum Gasteiger partial charge on any atom is 0.137 e. The van der Waals surface area contributed by atoms with Crippen LogP contribution in [-0.2, 0) is 16.2 Å². The first-order chi connectivity index (χ1) is 28.1. The van der Waals surface area contributed by atoms with Crippen LogP contribution in [0, 0.1) is 0 Å². The van der Waals surface area contributed by atoms with Gasteiger partial charge in [-0.05, 0) is 99.2 Å². The Hall–Kier alpha value is -6.33. The number of hydrogen-bond donors (Lipinski definition) is 0. The van der Waals surface area contributed by atoms with Gasteiger partial charge < -0.3 is 14.5 Å². The molecule has 0 saturated carbocycles. The lowest BCUT2D eigenvalue weighted by atomic mass is 9.81. The van der Waals surface area contributed by atoms with Crippen LogP contribution in [0.2, 0.25) is 0 Å². The van der Waals surface area contributed by atoms with Crippen molar-refractivity contribution in [2.24, 2.45) is 0 Å². The van der Waals surface area contributed by atoms with Crippen molar-refractivity contribution in [3.05, 3.63) is 168 Å². The molecule has 0 fully saturated rings. The quantitative estimate of drug-likeness (QED) is 0.168. The molecule has 3 heterocycles. The molecular weight excluding hydrogens is 721 g/mol. The molecule has 0 atom stereocenters. The zero-order valence-corrected chi connectivity index (χ0v) is 35.8. The minimum absolute atomic E-state index is 0.00592. The third kappa shape index (κ3) is 7.03. The molecule has 0 aliphatic carbocycles. The zero-order chi connectivity index (χ0) is 41.3. The first-order valence-electron chi connectivity index (χ1n) is 20.8. The van der Waals surface area contributed by atoms with Gasteiger partial charge in [0.25, 0.3) is 0 Å². The van der Waals surface area contributed by atoms with Crippen molar-refractivity contribution in [1.82, 2.24) is 9.55 Å². The van der Waals surface area contributed by atoms with Gasteiger partial charge in [-0.3, -0.25) is 4.57 Å². The second-order valence-corrected chi connectivity index (χ2v) is 19.1. The summed E-state index contributed by atoms with van der Waals surface area (Å²) in [6.45, 7) is 21.1. The third-order valence-electron chi connectivity index (χ3n) is 11.7. The van der Waals surface area contributed by atoms with Crippen LogP contribution in [0.1, 0.15) is 79.0 Å². The van der Waals surface area contributed by atoms with Crippen LogP contribution >= 0.6 is 0 Å². The van der Waals surface area contributed by atoms with Crippen LogP contribution in [0.15, 0.2) is 152 Å². The number of rotatable bonds is 6. The first-order valence-corrected chi connectivity index (χ1v) is 20.8. The molecule has 0 unspecified atom stereocenters. The maximum atomic E-state index is 6.94. The molecule has 8 aromatic rings. The number of pyridine rings is 1. The molecule has 5 heteroatoms. The molecule has 0 bridgehead atoms. The average molecular weight is 775 g/mol. The van der Waals surface area contributed by atoms with Crippen molar-refractivity contribution in [2.45, 2.75) is 78.6 Å². The smallest absolute Gasteiger partial charge is 0.137 e. The third-order valence-corrected chi connectivity index (χ3v) is 11.7. The van der Waals surface area contributed by atoms with E-state index in [0.717, 1.165) is 34.0 Å². The normalized spacial score (nSPS) is 13.4. The van der Waals surface area contributed by atoms with E-state index >= 15 is 0 Å². The summed E-state index contributed by atoms with van der Waals surface area (Å²) in [5, 5.41) is 2.36. The van der Waals surface area contributed by atoms with E-state index in [1.54, 1.807) is 0 Å². The van der Waals surface area contributed by atoms with E-state index in [1.807, 2.05) is 6.20 Å². The monoisotopic (exact) mass is 774 g/mol. The Balaban J connectivity index is 1.15. The van der Waals surface area contributed by atoms with E-state index in [1.165, 1.54) is 55.7 Å².